The molecule has 0 N–H and O–H groups in total. The SMILES string of the molecule is CCCC(=O)N1CCOCC1c1nccc(C)n1. The summed E-state index contributed by atoms with van der Waals surface area (Å²) in [5.74, 6) is 0.843. The minimum absolute atomic E-state index is 0.141. The van der Waals surface area contributed by atoms with Crippen LogP contribution in [0, 0.1) is 6.92 Å². The molecule has 2 rings (SSSR count). The van der Waals surface area contributed by atoms with Crippen LogP contribution in [0.2, 0.25) is 0 Å². The van der Waals surface area contributed by atoms with Crippen LogP contribution in [0.4, 0.5) is 0 Å². The second-order valence-electron chi connectivity index (χ2n) is 4.48. The van der Waals surface area contributed by atoms with Gasteiger partial charge in [-0.2, -0.15) is 0 Å². The minimum Gasteiger partial charge on any atom is -0.377 e. The van der Waals surface area contributed by atoms with Gasteiger partial charge in [0.25, 0.3) is 0 Å². The molecule has 0 radical (unpaired) electrons. The van der Waals surface area contributed by atoms with Gasteiger partial charge in [0, 0.05) is 24.9 Å². The molecule has 5 heteroatoms. The Morgan fingerprint density at radius 2 is 2.44 bits per heavy atom. The van der Waals surface area contributed by atoms with Crippen LogP contribution in [0.15, 0.2) is 12.3 Å². The Bertz CT molecular complexity index is 422. The molecule has 0 bridgehead atoms. The predicted octanol–water partition coefficient (Wildman–Crippen LogP) is 1.49. The molecular formula is C13H19N3O2. The van der Waals surface area contributed by atoms with Crippen molar-refractivity contribution in [3.63, 3.8) is 0 Å². The first-order valence-corrected chi connectivity index (χ1v) is 6.39. The molecule has 0 saturated carbocycles. The van der Waals surface area contributed by atoms with E-state index in [0.29, 0.717) is 32.0 Å². The number of carbonyl (C=O) groups excluding carboxylic acids is 1. The third-order valence-corrected chi connectivity index (χ3v) is 3.02. The molecule has 0 aromatic carbocycles. The van der Waals surface area contributed by atoms with Crippen molar-refractivity contribution in [2.75, 3.05) is 19.8 Å². The highest BCUT2D eigenvalue weighted by atomic mass is 16.5. The molecule has 0 spiro atoms. The highest BCUT2D eigenvalue weighted by Crippen LogP contribution is 2.22. The van der Waals surface area contributed by atoms with E-state index in [2.05, 4.69) is 9.97 Å². The van der Waals surface area contributed by atoms with Crippen molar-refractivity contribution in [3.05, 3.63) is 23.8 Å². The Labute approximate surface area is 107 Å². The van der Waals surface area contributed by atoms with Crippen LogP contribution in [0.3, 0.4) is 0 Å². The van der Waals surface area contributed by atoms with Crippen molar-refractivity contribution in [2.24, 2.45) is 0 Å². The molecule has 1 aromatic rings. The molecule has 1 amide bonds. The van der Waals surface area contributed by atoms with E-state index in [0.717, 1.165) is 12.1 Å². The lowest BCUT2D eigenvalue weighted by atomic mass is 10.1. The average molecular weight is 249 g/mol. The summed E-state index contributed by atoms with van der Waals surface area (Å²) in [7, 11) is 0. The average Bonchev–Trinajstić information content (AvgIpc) is 2.39. The molecule has 1 atom stereocenters. The molecule has 1 aliphatic heterocycles. The Morgan fingerprint density at radius 3 is 3.17 bits per heavy atom. The Kier molecular flexibility index (Phi) is 4.25. The van der Waals surface area contributed by atoms with Gasteiger partial charge < -0.3 is 9.64 Å². The second kappa shape index (κ2) is 5.91. The lowest BCUT2D eigenvalue weighted by Gasteiger charge is -2.34. The van der Waals surface area contributed by atoms with Crippen LogP contribution in [0.5, 0.6) is 0 Å². The number of hydrogen-bond donors (Lipinski definition) is 0. The van der Waals surface area contributed by atoms with Gasteiger partial charge in [-0.3, -0.25) is 4.79 Å². The highest BCUT2D eigenvalue weighted by molar-refractivity contribution is 5.76. The summed E-state index contributed by atoms with van der Waals surface area (Å²) >= 11 is 0. The number of morpholine rings is 1. The van der Waals surface area contributed by atoms with Gasteiger partial charge in [-0.25, -0.2) is 9.97 Å². The van der Waals surface area contributed by atoms with Crippen molar-refractivity contribution in [3.8, 4) is 0 Å². The zero-order valence-electron chi connectivity index (χ0n) is 10.9. The van der Waals surface area contributed by atoms with Gasteiger partial charge in [-0.05, 0) is 19.4 Å². The molecule has 1 aliphatic rings. The smallest absolute Gasteiger partial charge is 0.223 e. The molecule has 18 heavy (non-hydrogen) atoms. The van der Waals surface area contributed by atoms with E-state index < -0.39 is 0 Å². The quantitative estimate of drug-likeness (QED) is 0.814. The molecular weight excluding hydrogens is 230 g/mol. The lowest BCUT2D eigenvalue weighted by molar-refractivity contribution is -0.140. The summed E-state index contributed by atoms with van der Waals surface area (Å²) in [5, 5.41) is 0. The number of carbonyl (C=O) groups is 1. The van der Waals surface area contributed by atoms with Crippen LogP contribution in [0.25, 0.3) is 0 Å². The van der Waals surface area contributed by atoms with Gasteiger partial charge in [-0.15, -0.1) is 0 Å². The molecule has 1 aromatic heterocycles. The maximum Gasteiger partial charge on any atom is 0.223 e. The van der Waals surface area contributed by atoms with Crippen LogP contribution in [-0.4, -0.2) is 40.5 Å². The van der Waals surface area contributed by atoms with Gasteiger partial charge in [0.15, 0.2) is 5.82 Å². The van der Waals surface area contributed by atoms with Crippen LogP contribution >= 0.6 is 0 Å². The first kappa shape index (κ1) is 13.0. The zero-order valence-corrected chi connectivity index (χ0v) is 10.9. The Hall–Kier alpha value is -1.49. The van der Waals surface area contributed by atoms with E-state index >= 15 is 0 Å². The number of nitrogens with zero attached hydrogens (tertiary/aromatic N) is 3. The summed E-state index contributed by atoms with van der Waals surface area (Å²) in [4.78, 5) is 22.6. The summed E-state index contributed by atoms with van der Waals surface area (Å²) in [6.07, 6.45) is 3.16. The normalized spacial score (nSPS) is 19.9. The first-order chi connectivity index (χ1) is 8.72. The highest BCUT2D eigenvalue weighted by Gasteiger charge is 2.29. The van der Waals surface area contributed by atoms with E-state index in [1.54, 1.807) is 6.20 Å². The summed E-state index contributed by atoms with van der Waals surface area (Å²) in [6, 6.07) is 1.71. The number of hydrogen-bond acceptors (Lipinski definition) is 4. The van der Waals surface area contributed by atoms with Gasteiger partial charge in [0.1, 0.15) is 6.04 Å². The fourth-order valence-electron chi connectivity index (χ4n) is 2.10. The van der Waals surface area contributed by atoms with Crippen molar-refractivity contribution < 1.29 is 9.53 Å². The monoisotopic (exact) mass is 249 g/mol. The van der Waals surface area contributed by atoms with Crippen molar-refractivity contribution in [1.29, 1.82) is 0 Å². The predicted molar refractivity (Wildman–Crippen MR) is 67.0 cm³/mol. The van der Waals surface area contributed by atoms with Crippen LogP contribution < -0.4 is 0 Å². The van der Waals surface area contributed by atoms with Gasteiger partial charge in [0.05, 0.1) is 13.2 Å². The van der Waals surface area contributed by atoms with E-state index in [9.17, 15) is 4.79 Å². The van der Waals surface area contributed by atoms with E-state index in [1.165, 1.54) is 0 Å². The Balaban J connectivity index is 2.20. The number of ether oxygens (including phenoxy) is 1. The maximum atomic E-state index is 12.1. The maximum absolute atomic E-state index is 12.1. The summed E-state index contributed by atoms with van der Waals surface area (Å²) in [5.41, 5.74) is 0.911. The standard InChI is InChI=1S/C13H19N3O2/c1-3-4-12(17)16-7-8-18-9-11(16)13-14-6-5-10(2)15-13/h5-6,11H,3-4,7-9H2,1-2H3. The summed E-state index contributed by atoms with van der Waals surface area (Å²) in [6.45, 7) is 5.64. The van der Waals surface area contributed by atoms with E-state index in [-0.39, 0.29) is 11.9 Å². The molecule has 0 aliphatic carbocycles. The molecule has 5 nitrogen and oxygen atoms in total. The zero-order chi connectivity index (χ0) is 13.0. The fraction of sp³-hybridized carbons (Fsp3) is 0.615. The lowest BCUT2D eigenvalue weighted by Crippen LogP contribution is -2.44. The first-order valence-electron chi connectivity index (χ1n) is 6.39. The van der Waals surface area contributed by atoms with Gasteiger partial charge >= 0.3 is 0 Å². The largest absolute Gasteiger partial charge is 0.377 e. The molecule has 98 valence electrons. The topological polar surface area (TPSA) is 55.3 Å². The third kappa shape index (κ3) is 2.85. The van der Waals surface area contributed by atoms with E-state index in [4.69, 9.17) is 4.74 Å². The summed E-state index contributed by atoms with van der Waals surface area (Å²) < 4.78 is 5.46. The van der Waals surface area contributed by atoms with Crippen LogP contribution in [-0.2, 0) is 9.53 Å². The van der Waals surface area contributed by atoms with Crippen molar-refractivity contribution in [2.45, 2.75) is 32.7 Å². The number of rotatable bonds is 3. The number of aromatic nitrogens is 2. The van der Waals surface area contributed by atoms with E-state index in [1.807, 2.05) is 24.8 Å². The number of aryl methyl sites for hydroxylation is 1. The van der Waals surface area contributed by atoms with Gasteiger partial charge in [-0.1, -0.05) is 6.92 Å². The minimum atomic E-state index is -0.141. The fourth-order valence-corrected chi connectivity index (χ4v) is 2.10. The molecule has 2 heterocycles. The molecule has 1 saturated heterocycles. The molecule has 1 fully saturated rings. The third-order valence-electron chi connectivity index (χ3n) is 3.02. The van der Waals surface area contributed by atoms with Gasteiger partial charge in [0.2, 0.25) is 5.91 Å². The molecule has 1 unspecified atom stereocenters. The van der Waals surface area contributed by atoms with Crippen LogP contribution in [0.1, 0.15) is 37.3 Å². The van der Waals surface area contributed by atoms with Crippen molar-refractivity contribution >= 4 is 5.91 Å². The Morgan fingerprint density at radius 1 is 1.61 bits per heavy atom. The number of amides is 1. The van der Waals surface area contributed by atoms with Crippen molar-refractivity contribution in [1.82, 2.24) is 14.9 Å². The second-order valence-corrected chi connectivity index (χ2v) is 4.48.